The summed E-state index contributed by atoms with van der Waals surface area (Å²) in [5, 5.41) is 7.19. The molecular weight excluding hydrogens is 410 g/mol. The Morgan fingerprint density at radius 3 is 2.48 bits per heavy atom. The number of methoxy groups -OCH3 is 1. The Kier molecular flexibility index (Phi) is 6.89. The van der Waals surface area contributed by atoms with Crippen LogP contribution in [-0.2, 0) is 6.54 Å². The van der Waals surface area contributed by atoms with Gasteiger partial charge in [0.1, 0.15) is 11.6 Å². The molecule has 6 nitrogen and oxygen atoms in total. The summed E-state index contributed by atoms with van der Waals surface area (Å²) in [7, 11) is 1.60. The van der Waals surface area contributed by atoms with Gasteiger partial charge >= 0.3 is 0 Å². The molecule has 31 heavy (non-hydrogen) atoms. The molecular formula is C24H28ClN5O. The second-order valence-electron chi connectivity index (χ2n) is 7.86. The van der Waals surface area contributed by atoms with E-state index in [1.165, 1.54) is 37.9 Å². The Morgan fingerprint density at radius 1 is 1.00 bits per heavy atom. The number of nitrogens with one attached hydrogen (secondary N) is 2. The van der Waals surface area contributed by atoms with Gasteiger partial charge in [-0.15, -0.1) is 0 Å². The zero-order chi connectivity index (χ0) is 21.6. The highest BCUT2D eigenvalue weighted by atomic mass is 35.5. The van der Waals surface area contributed by atoms with Crippen LogP contribution in [0.15, 0.2) is 48.7 Å². The smallest absolute Gasteiger partial charge is 0.229 e. The number of ether oxygens (including phenoxy) is 1. The summed E-state index contributed by atoms with van der Waals surface area (Å²) in [6.07, 6.45) is 5.78. The quantitative estimate of drug-likeness (QED) is 0.478. The molecule has 162 valence electrons. The minimum atomic E-state index is 0.540. The van der Waals surface area contributed by atoms with E-state index in [2.05, 4.69) is 49.8 Å². The maximum Gasteiger partial charge on any atom is 0.229 e. The van der Waals surface area contributed by atoms with Gasteiger partial charge in [-0.2, -0.15) is 4.98 Å². The van der Waals surface area contributed by atoms with Crippen molar-refractivity contribution < 1.29 is 4.74 Å². The van der Waals surface area contributed by atoms with Crippen LogP contribution in [0.2, 0.25) is 5.02 Å². The lowest BCUT2D eigenvalue weighted by Gasteiger charge is -2.26. The number of piperidine rings is 1. The molecule has 0 atom stereocenters. The summed E-state index contributed by atoms with van der Waals surface area (Å²) in [5.74, 6) is 1.88. The Labute approximate surface area is 188 Å². The first-order chi connectivity index (χ1) is 15.1. The third kappa shape index (κ3) is 5.66. The van der Waals surface area contributed by atoms with E-state index in [0.29, 0.717) is 16.7 Å². The highest BCUT2D eigenvalue weighted by Crippen LogP contribution is 2.29. The van der Waals surface area contributed by atoms with Crippen LogP contribution in [0, 0.1) is 6.92 Å². The molecule has 2 aromatic carbocycles. The molecule has 2 heterocycles. The number of nitrogens with zero attached hydrogens (tertiary/aromatic N) is 3. The number of hydrogen-bond donors (Lipinski definition) is 2. The maximum atomic E-state index is 6.12. The Bertz CT molecular complexity index is 1020. The number of aryl methyl sites for hydroxylation is 1. The molecule has 2 N–H and O–H groups in total. The Morgan fingerprint density at radius 2 is 1.74 bits per heavy atom. The van der Waals surface area contributed by atoms with E-state index in [4.69, 9.17) is 16.3 Å². The lowest BCUT2D eigenvalue weighted by Crippen LogP contribution is -2.29. The fourth-order valence-electron chi connectivity index (χ4n) is 3.70. The van der Waals surface area contributed by atoms with E-state index in [0.717, 1.165) is 29.3 Å². The number of hydrogen-bond acceptors (Lipinski definition) is 6. The summed E-state index contributed by atoms with van der Waals surface area (Å²) >= 11 is 6.12. The number of halogens is 1. The molecule has 1 aromatic heterocycles. The van der Waals surface area contributed by atoms with Crippen LogP contribution >= 0.6 is 11.6 Å². The van der Waals surface area contributed by atoms with Gasteiger partial charge in [-0.1, -0.05) is 30.2 Å². The summed E-state index contributed by atoms with van der Waals surface area (Å²) in [4.78, 5) is 11.6. The van der Waals surface area contributed by atoms with Crippen LogP contribution in [0.3, 0.4) is 0 Å². The number of rotatable bonds is 7. The van der Waals surface area contributed by atoms with Gasteiger partial charge < -0.3 is 15.4 Å². The van der Waals surface area contributed by atoms with Crippen LogP contribution in [0.4, 0.5) is 23.1 Å². The number of benzene rings is 2. The highest BCUT2D eigenvalue weighted by molar-refractivity contribution is 6.32. The average Bonchev–Trinajstić information content (AvgIpc) is 2.79. The van der Waals surface area contributed by atoms with E-state index < -0.39 is 0 Å². The molecule has 0 bridgehead atoms. The van der Waals surface area contributed by atoms with E-state index in [-0.39, 0.29) is 0 Å². The summed E-state index contributed by atoms with van der Waals surface area (Å²) < 4.78 is 5.29. The summed E-state index contributed by atoms with van der Waals surface area (Å²) in [6.45, 7) is 5.38. The van der Waals surface area contributed by atoms with Crippen LogP contribution < -0.4 is 15.4 Å². The van der Waals surface area contributed by atoms with E-state index in [1.54, 1.807) is 19.4 Å². The Balaban J connectivity index is 1.43. The third-order valence-corrected chi connectivity index (χ3v) is 5.76. The van der Waals surface area contributed by atoms with Gasteiger partial charge in [-0.05, 0) is 62.7 Å². The van der Waals surface area contributed by atoms with Crippen molar-refractivity contribution in [1.82, 2.24) is 14.9 Å². The standard InChI is InChI=1S/C24H28ClN5O/c1-17-15-26-24(29-23(17)27-20-10-11-21(25)22(14-20)31-2)28-19-8-6-18(7-9-19)16-30-12-4-3-5-13-30/h6-11,14-15H,3-5,12-13,16H2,1-2H3,(H2,26,27,28,29). The number of aromatic nitrogens is 2. The largest absolute Gasteiger partial charge is 0.495 e. The molecule has 1 saturated heterocycles. The molecule has 4 rings (SSSR count). The minimum Gasteiger partial charge on any atom is -0.495 e. The molecule has 0 radical (unpaired) electrons. The zero-order valence-electron chi connectivity index (χ0n) is 18.0. The second kappa shape index (κ2) is 9.98. The molecule has 0 amide bonds. The van der Waals surface area contributed by atoms with Crippen molar-refractivity contribution >= 4 is 34.7 Å². The average molecular weight is 438 g/mol. The van der Waals surface area contributed by atoms with E-state index >= 15 is 0 Å². The fourth-order valence-corrected chi connectivity index (χ4v) is 3.90. The zero-order valence-corrected chi connectivity index (χ0v) is 18.7. The molecule has 0 saturated carbocycles. The van der Waals surface area contributed by atoms with Crippen LogP contribution in [-0.4, -0.2) is 35.1 Å². The first kappa shape index (κ1) is 21.4. The molecule has 7 heteroatoms. The van der Waals surface area contributed by atoms with Crippen molar-refractivity contribution in [3.8, 4) is 5.75 Å². The number of likely N-dealkylation sites (tertiary alicyclic amines) is 1. The summed E-state index contributed by atoms with van der Waals surface area (Å²) in [6, 6.07) is 14.0. The van der Waals surface area contributed by atoms with Crippen molar-refractivity contribution in [3.05, 3.63) is 64.8 Å². The van der Waals surface area contributed by atoms with E-state index in [1.807, 2.05) is 19.1 Å². The summed E-state index contributed by atoms with van der Waals surface area (Å²) in [5.41, 5.74) is 4.08. The molecule has 0 aliphatic carbocycles. The van der Waals surface area contributed by atoms with Gasteiger partial charge in [0.05, 0.1) is 12.1 Å². The minimum absolute atomic E-state index is 0.540. The fraction of sp³-hybridized carbons (Fsp3) is 0.333. The maximum absolute atomic E-state index is 6.12. The second-order valence-corrected chi connectivity index (χ2v) is 8.27. The molecule has 1 aliphatic heterocycles. The molecule has 1 fully saturated rings. The lowest BCUT2D eigenvalue weighted by molar-refractivity contribution is 0.221. The molecule has 3 aromatic rings. The Hall–Kier alpha value is -2.83. The molecule has 1 aliphatic rings. The van der Waals surface area contributed by atoms with Crippen molar-refractivity contribution in [2.24, 2.45) is 0 Å². The van der Waals surface area contributed by atoms with Crippen molar-refractivity contribution in [3.63, 3.8) is 0 Å². The lowest BCUT2D eigenvalue weighted by atomic mass is 10.1. The first-order valence-electron chi connectivity index (χ1n) is 10.6. The third-order valence-electron chi connectivity index (χ3n) is 5.45. The van der Waals surface area contributed by atoms with Crippen molar-refractivity contribution in [2.45, 2.75) is 32.7 Å². The van der Waals surface area contributed by atoms with Gasteiger partial charge in [-0.25, -0.2) is 4.98 Å². The highest BCUT2D eigenvalue weighted by Gasteiger charge is 2.11. The van der Waals surface area contributed by atoms with Crippen molar-refractivity contribution in [2.75, 3.05) is 30.8 Å². The predicted molar refractivity (Wildman–Crippen MR) is 127 cm³/mol. The van der Waals surface area contributed by atoms with Gasteiger partial charge in [-0.3, -0.25) is 4.90 Å². The molecule has 0 spiro atoms. The van der Waals surface area contributed by atoms with Crippen LogP contribution in [0.5, 0.6) is 5.75 Å². The van der Waals surface area contributed by atoms with Gasteiger partial charge in [0.15, 0.2) is 0 Å². The van der Waals surface area contributed by atoms with Crippen LogP contribution in [0.1, 0.15) is 30.4 Å². The molecule has 0 unspecified atom stereocenters. The predicted octanol–water partition coefficient (Wildman–Crippen LogP) is 5.92. The first-order valence-corrected chi connectivity index (χ1v) is 11.0. The van der Waals surface area contributed by atoms with Gasteiger partial charge in [0, 0.05) is 35.7 Å². The SMILES string of the molecule is COc1cc(Nc2nc(Nc3ccc(CN4CCCCC4)cc3)ncc2C)ccc1Cl. The topological polar surface area (TPSA) is 62.3 Å². The monoisotopic (exact) mass is 437 g/mol. The number of anilines is 4. The van der Waals surface area contributed by atoms with Crippen LogP contribution in [0.25, 0.3) is 0 Å². The van der Waals surface area contributed by atoms with Crippen molar-refractivity contribution in [1.29, 1.82) is 0 Å². The van der Waals surface area contributed by atoms with E-state index in [9.17, 15) is 0 Å². The van der Waals surface area contributed by atoms with Gasteiger partial charge in [0.25, 0.3) is 0 Å². The normalized spacial score (nSPS) is 14.3. The van der Waals surface area contributed by atoms with Gasteiger partial charge in [0.2, 0.25) is 5.95 Å².